The molecule has 1 aromatic carbocycles. The summed E-state index contributed by atoms with van der Waals surface area (Å²) in [6.07, 6.45) is 3.50. The highest BCUT2D eigenvalue weighted by atomic mass is 19.1. The first-order chi connectivity index (χ1) is 7.19. The normalized spacial score (nSPS) is 12.8. The summed E-state index contributed by atoms with van der Waals surface area (Å²) in [5, 5.41) is 3.28. The molecule has 15 heavy (non-hydrogen) atoms. The van der Waals surface area contributed by atoms with E-state index >= 15 is 0 Å². The fraction of sp³-hybridized carbons (Fsp3) is 0.538. The highest BCUT2D eigenvalue weighted by Gasteiger charge is 2.09. The van der Waals surface area contributed by atoms with Crippen molar-refractivity contribution in [3.05, 3.63) is 35.1 Å². The standard InChI is InChI=1S/C13H20FN/c1-4-5-6-13(15-3)11-7-8-12(14)10(2)9-11/h7-9,13,15H,4-6H2,1-3H3. The van der Waals surface area contributed by atoms with Crippen LogP contribution in [0.5, 0.6) is 0 Å². The Morgan fingerprint density at radius 2 is 2.13 bits per heavy atom. The molecular weight excluding hydrogens is 189 g/mol. The molecule has 0 radical (unpaired) electrons. The van der Waals surface area contributed by atoms with Crippen molar-refractivity contribution in [1.82, 2.24) is 5.32 Å². The Hall–Kier alpha value is -0.890. The van der Waals surface area contributed by atoms with Crippen LogP contribution in [0.1, 0.15) is 43.4 Å². The quantitative estimate of drug-likeness (QED) is 0.781. The fourth-order valence-corrected chi connectivity index (χ4v) is 1.77. The molecule has 1 unspecified atom stereocenters. The Labute approximate surface area is 91.7 Å². The maximum absolute atomic E-state index is 13.1. The minimum atomic E-state index is -0.121. The maximum atomic E-state index is 13.1. The molecule has 84 valence electrons. The molecule has 0 aliphatic heterocycles. The predicted molar refractivity (Wildman–Crippen MR) is 62.5 cm³/mol. The lowest BCUT2D eigenvalue weighted by molar-refractivity contribution is 0.520. The molecule has 1 N–H and O–H groups in total. The molecule has 1 aromatic rings. The maximum Gasteiger partial charge on any atom is 0.126 e. The van der Waals surface area contributed by atoms with E-state index in [0.29, 0.717) is 6.04 Å². The van der Waals surface area contributed by atoms with Gasteiger partial charge in [-0.1, -0.05) is 31.9 Å². The van der Waals surface area contributed by atoms with Crippen LogP contribution in [0.15, 0.2) is 18.2 Å². The van der Waals surface area contributed by atoms with E-state index in [1.807, 2.05) is 26.1 Å². The van der Waals surface area contributed by atoms with E-state index in [1.165, 1.54) is 18.4 Å². The van der Waals surface area contributed by atoms with E-state index < -0.39 is 0 Å². The molecule has 0 aromatic heterocycles. The zero-order valence-corrected chi connectivity index (χ0v) is 9.81. The first-order valence-electron chi connectivity index (χ1n) is 5.62. The number of hydrogen-bond donors (Lipinski definition) is 1. The third-order valence-electron chi connectivity index (χ3n) is 2.78. The average Bonchev–Trinajstić information content (AvgIpc) is 2.24. The molecular formula is C13H20FN. The number of halogens is 1. The van der Waals surface area contributed by atoms with E-state index in [-0.39, 0.29) is 5.82 Å². The summed E-state index contributed by atoms with van der Waals surface area (Å²) in [5.74, 6) is -0.121. The number of benzene rings is 1. The van der Waals surface area contributed by atoms with Crippen LogP contribution in [0.4, 0.5) is 4.39 Å². The molecule has 1 atom stereocenters. The van der Waals surface area contributed by atoms with Gasteiger partial charge in [0.05, 0.1) is 0 Å². The van der Waals surface area contributed by atoms with Crippen LogP contribution in [0.3, 0.4) is 0 Å². The molecule has 0 aliphatic rings. The molecule has 0 amide bonds. The van der Waals surface area contributed by atoms with E-state index in [0.717, 1.165) is 12.0 Å². The Morgan fingerprint density at radius 3 is 2.67 bits per heavy atom. The number of aryl methyl sites for hydroxylation is 1. The van der Waals surface area contributed by atoms with E-state index in [2.05, 4.69) is 12.2 Å². The van der Waals surface area contributed by atoms with E-state index in [9.17, 15) is 4.39 Å². The van der Waals surface area contributed by atoms with Gasteiger partial charge < -0.3 is 5.32 Å². The van der Waals surface area contributed by atoms with Gasteiger partial charge in [0.1, 0.15) is 5.82 Å². The molecule has 0 aliphatic carbocycles. The average molecular weight is 209 g/mol. The van der Waals surface area contributed by atoms with Gasteiger partial charge in [0, 0.05) is 6.04 Å². The zero-order valence-electron chi connectivity index (χ0n) is 9.81. The highest BCUT2D eigenvalue weighted by Crippen LogP contribution is 2.21. The van der Waals surface area contributed by atoms with Gasteiger partial charge in [-0.25, -0.2) is 4.39 Å². The van der Waals surface area contributed by atoms with Gasteiger partial charge in [-0.15, -0.1) is 0 Å². The third-order valence-corrected chi connectivity index (χ3v) is 2.78. The Morgan fingerprint density at radius 1 is 1.40 bits per heavy atom. The van der Waals surface area contributed by atoms with E-state index in [4.69, 9.17) is 0 Å². The lowest BCUT2D eigenvalue weighted by Crippen LogP contribution is -2.16. The number of unbranched alkanes of at least 4 members (excludes halogenated alkanes) is 1. The first-order valence-corrected chi connectivity index (χ1v) is 5.62. The largest absolute Gasteiger partial charge is 0.313 e. The predicted octanol–water partition coefficient (Wildman–Crippen LogP) is 3.58. The van der Waals surface area contributed by atoms with Gasteiger partial charge in [0.15, 0.2) is 0 Å². The minimum absolute atomic E-state index is 0.121. The molecule has 0 saturated carbocycles. The Kier molecular flexibility index (Phi) is 4.76. The van der Waals surface area contributed by atoms with Gasteiger partial charge in [-0.3, -0.25) is 0 Å². The van der Waals surface area contributed by atoms with Crippen LogP contribution in [0.25, 0.3) is 0 Å². The van der Waals surface area contributed by atoms with Crippen LogP contribution in [-0.2, 0) is 0 Å². The SMILES string of the molecule is CCCCC(NC)c1ccc(F)c(C)c1. The zero-order chi connectivity index (χ0) is 11.3. The van der Waals surface area contributed by atoms with Gasteiger partial charge in [0.2, 0.25) is 0 Å². The topological polar surface area (TPSA) is 12.0 Å². The van der Waals surface area contributed by atoms with Crippen molar-refractivity contribution in [1.29, 1.82) is 0 Å². The molecule has 1 nitrogen and oxygen atoms in total. The Balaban J connectivity index is 2.78. The summed E-state index contributed by atoms with van der Waals surface area (Å²) < 4.78 is 13.1. The molecule has 0 heterocycles. The van der Waals surface area contributed by atoms with Crippen molar-refractivity contribution >= 4 is 0 Å². The second-order valence-electron chi connectivity index (χ2n) is 3.99. The van der Waals surface area contributed by atoms with Crippen molar-refractivity contribution in [3.8, 4) is 0 Å². The molecule has 0 saturated heterocycles. The van der Waals surface area contributed by atoms with Crippen LogP contribution in [0, 0.1) is 12.7 Å². The number of nitrogens with one attached hydrogen (secondary N) is 1. The number of hydrogen-bond acceptors (Lipinski definition) is 1. The van der Waals surface area contributed by atoms with Gasteiger partial charge >= 0.3 is 0 Å². The summed E-state index contributed by atoms with van der Waals surface area (Å²) in [5.41, 5.74) is 1.91. The van der Waals surface area contributed by atoms with Crippen molar-refractivity contribution < 1.29 is 4.39 Å². The summed E-state index contributed by atoms with van der Waals surface area (Å²) in [4.78, 5) is 0. The summed E-state index contributed by atoms with van der Waals surface area (Å²) in [6, 6.07) is 5.72. The molecule has 1 rings (SSSR count). The second kappa shape index (κ2) is 5.86. The van der Waals surface area contributed by atoms with Crippen molar-refractivity contribution in [2.45, 2.75) is 39.2 Å². The smallest absolute Gasteiger partial charge is 0.126 e. The lowest BCUT2D eigenvalue weighted by atomic mass is 9.99. The van der Waals surface area contributed by atoms with Crippen LogP contribution < -0.4 is 5.32 Å². The third kappa shape index (κ3) is 3.31. The van der Waals surface area contributed by atoms with E-state index in [1.54, 1.807) is 6.07 Å². The number of rotatable bonds is 5. The van der Waals surface area contributed by atoms with Crippen molar-refractivity contribution in [2.75, 3.05) is 7.05 Å². The molecule has 2 heteroatoms. The summed E-state index contributed by atoms with van der Waals surface area (Å²) in [7, 11) is 1.96. The van der Waals surface area contributed by atoms with Gasteiger partial charge in [0.25, 0.3) is 0 Å². The molecule has 0 spiro atoms. The first kappa shape index (κ1) is 12.2. The molecule has 0 fully saturated rings. The Bertz CT molecular complexity index is 309. The van der Waals surface area contributed by atoms with Crippen molar-refractivity contribution in [2.24, 2.45) is 0 Å². The minimum Gasteiger partial charge on any atom is -0.313 e. The lowest BCUT2D eigenvalue weighted by Gasteiger charge is -2.16. The molecule has 0 bridgehead atoms. The monoisotopic (exact) mass is 209 g/mol. The van der Waals surface area contributed by atoms with Crippen LogP contribution in [-0.4, -0.2) is 7.05 Å². The van der Waals surface area contributed by atoms with Gasteiger partial charge in [-0.2, -0.15) is 0 Å². The highest BCUT2D eigenvalue weighted by molar-refractivity contribution is 5.26. The summed E-state index contributed by atoms with van der Waals surface area (Å²) >= 11 is 0. The van der Waals surface area contributed by atoms with Crippen molar-refractivity contribution in [3.63, 3.8) is 0 Å². The van der Waals surface area contributed by atoms with Crippen LogP contribution >= 0.6 is 0 Å². The second-order valence-corrected chi connectivity index (χ2v) is 3.99. The van der Waals surface area contributed by atoms with Crippen LogP contribution in [0.2, 0.25) is 0 Å². The fourth-order valence-electron chi connectivity index (χ4n) is 1.77. The van der Waals surface area contributed by atoms with Gasteiger partial charge in [-0.05, 0) is 37.6 Å². The summed E-state index contributed by atoms with van der Waals surface area (Å²) in [6.45, 7) is 3.99.